The molecule has 0 atom stereocenters. The Balaban J connectivity index is 1.94. The number of ether oxygens (including phenoxy) is 1. The molecule has 3 rings (SSSR count). The molecule has 0 saturated carbocycles. The lowest BCUT2D eigenvalue weighted by molar-refractivity contribution is -0.394. The van der Waals surface area contributed by atoms with Crippen molar-refractivity contribution in [1.82, 2.24) is 0 Å². The van der Waals surface area contributed by atoms with E-state index in [9.17, 15) is 30.3 Å². The topological polar surface area (TPSA) is 151 Å². The lowest BCUT2D eigenvalue weighted by atomic mass is 10.2. The van der Waals surface area contributed by atoms with E-state index in [0.717, 1.165) is 18.2 Å². The van der Waals surface area contributed by atoms with Crippen molar-refractivity contribution >= 4 is 44.9 Å². The van der Waals surface area contributed by atoms with Crippen LogP contribution in [0.3, 0.4) is 0 Å². The summed E-state index contributed by atoms with van der Waals surface area (Å²) in [5, 5.41) is 33.0. The van der Waals surface area contributed by atoms with Gasteiger partial charge in [0, 0.05) is 34.4 Å². The van der Waals surface area contributed by atoms with Crippen molar-refractivity contribution in [3.63, 3.8) is 0 Å². The van der Waals surface area contributed by atoms with Gasteiger partial charge in [0.05, 0.1) is 26.5 Å². The van der Waals surface area contributed by atoms with Crippen LogP contribution in [0.2, 0.25) is 0 Å². The van der Waals surface area contributed by atoms with Gasteiger partial charge >= 0.3 is 5.69 Å². The highest BCUT2D eigenvalue weighted by Crippen LogP contribution is 2.36. The van der Waals surface area contributed by atoms with Crippen LogP contribution in [0.5, 0.6) is 11.5 Å². The number of nitrogens with zero attached hydrogens (tertiary/aromatic N) is 4. The molecule has 0 bridgehead atoms. The van der Waals surface area contributed by atoms with Gasteiger partial charge in [0.2, 0.25) is 5.75 Å². The van der Waals surface area contributed by atoms with Crippen molar-refractivity contribution in [1.29, 1.82) is 0 Å². The number of halogens is 1. The Morgan fingerprint density at radius 2 is 1.39 bits per heavy atom. The maximum atomic E-state index is 11.3. The number of hydrogen-bond donors (Lipinski definition) is 0. The minimum absolute atomic E-state index is 0.0732. The summed E-state index contributed by atoms with van der Waals surface area (Å²) in [6, 6.07) is 13.5. The van der Waals surface area contributed by atoms with Gasteiger partial charge in [-0.15, -0.1) is 0 Å². The van der Waals surface area contributed by atoms with E-state index < -0.39 is 26.1 Å². The second kappa shape index (κ2) is 9.09. The molecule has 0 fully saturated rings. The molecule has 0 N–H and O–H groups in total. The molecule has 0 amide bonds. The summed E-state index contributed by atoms with van der Waals surface area (Å²) in [5.41, 5.74) is -0.181. The van der Waals surface area contributed by atoms with Crippen molar-refractivity contribution in [2.24, 2.45) is 4.99 Å². The summed E-state index contributed by atoms with van der Waals surface area (Å²) in [5.74, 6) is 0.0359. The monoisotopic (exact) mass is 486 g/mol. The zero-order valence-electron chi connectivity index (χ0n) is 15.4. The van der Waals surface area contributed by atoms with E-state index in [4.69, 9.17) is 4.74 Å². The molecule has 3 aromatic carbocycles. The van der Waals surface area contributed by atoms with Crippen LogP contribution in [0.25, 0.3) is 0 Å². The van der Waals surface area contributed by atoms with Crippen molar-refractivity contribution in [2.75, 3.05) is 0 Å². The number of non-ortho nitro benzene ring substituents is 2. The summed E-state index contributed by atoms with van der Waals surface area (Å²) in [6.07, 6.45) is 1.43. The molecule has 0 aliphatic heterocycles. The van der Waals surface area contributed by atoms with Crippen LogP contribution in [0.1, 0.15) is 5.56 Å². The molecule has 0 heterocycles. The summed E-state index contributed by atoms with van der Waals surface area (Å²) < 4.78 is 6.35. The Hall–Kier alpha value is -4.19. The zero-order chi connectivity index (χ0) is 22.5. The number of hydrogen-bond acceptors (Lipinski definition) is 8. The molecule has 0 saturated heterocycles. The van der Waals surface area contributed by atoms with Crippen LogP contribution in [0, 0.1) is 30.3 Å². The minimum atomic E-state index is -0.772. The van der Waals surface area contributed by atoms with E-state index in [1.807, 2.05) is 0 Å². The number of rotatable bonds is 7. The molecule has 11 nitrogen and oxygen atoms in total. The van der Waals surface area contributed by atoms with Gasteiger partial charge < -0.3 is 4.74 Å². The van der Waals surface area contributed by atoms with E-state index in [1.165, 1.54) is 30.5 Å². The quantitative estimate of drug-likeness (QED) is 0.235. The van der Waals surface area contributed by atoms with Crippen molar-refractivity contribution < 1.29 is 19.5 Å². The first-order valence-corrected chi connectivity index (χ1v) is 9.22. The SMILES string of the molecule is O=[N+]([O-])c1ccc(N=Cc2cc(Br)ccc2Oc2ccc([N+](=O)[O-])cc2[N+](=O)[O-])cc1. The molecule has 0 aromatic heterocycles. The highest BCUT2D eigenvalue weighted by Gasteiger charge is 2.22. The van der Waals surface area contributed by atoms with E-state index in [1.54, 1.807) is 18.2 Å². The van der Waals surface area contributed by atoms with Gasteiger partial charge in [0.1, 0.15) is 5.75 Å². The van der Waals surface area contributed by atoms with E-state index in [0.29, 0.717) is 15.7 Å². The summed E-state index contributed by atoms with van der Waals surface area (Å²) in [6.45, 7) is 0. The molecular formula is C19H11BrN4O7. The zero-order valence-corrected chi connectivity index (χ0v) is 17.0. The standard InChI is InChI=1S/C19H11BrN4O7/c20-13-1-7-18(31-19-8-6-16(23(27)28)10-17(19)24(29)30)12(9-13)11-21-14-2-4-15(5-3-14)22(25)26/h1-11H. The van der Waals surface area contributed by atoms with Crippen LogP contribution in [0.4, 0.5) is 22.7 Å². The fourth-order valence-electron chi connectivity index (χ4n) is 2.48. The van der Waals surface area contributed by atoms with Gasteiger partial charge in [0.25, 0.3) is 11.4 Å². The second-order valence-electron chi connectivity index (χ2n) is 5.98. The Labute approximate surface area is 182 Å². The second-order valence-corrected chi connectivity index (χ2v) is 6.90. The molecule has 0 spiro atoms. The maximum absolute atomic E-state index is 11.3. The van der Waals surface area contributed by atoms with E-state index in [-0.39, 0.29) is 17.2 Å². The fourth-order valence-corrected chi connectivity index (χ4v) is 2.86. The van der Waals surface area contributed by atoms with Gasteiger partial charge in [-0.05, 0) is 36.4 Å². The Morgan fingerprint density at radius 1 is 0.774 bits per heavy atom. The van der Waals surface area contributed by atoms with Gasteiger partial charge in [-0.2, -0.15) is 0 Å². The van der Waals surface area contributed by atoms with Crippen LogP contribution >= 0.6 is 15.9 Å². The van der Waals surface area contributed by atoms with Crippen LogP contribution in [-0.2, 0) is 0 Å². The third kappa shape index (κ3) is 5.25. The number of benzene rings is 3. The third-order valence-corrected chi connectivity index (χ3v) is 4.45. The molecule has 12 heteroatoms. The highest BCUT2D eigenvalue weighted by atomic mass is 79.9. The van der Waals surface area contributed by atoms with Gasteiger partial charge in [-0.25, -0.2) is 0 Å². The van der Waals surface area contributed by atoms with Crippen molar-refractivity contribution in [3.05, 3.63) is 101 Å². The fraction of sp³-hybridized carbons (Fsp3) is 0. The highest BCUT2D eigenvalue weighted by molar-refractivity contribution is 9.10. The number of aliphatic imine (C=N–C) groups is 1. The van der Waals surface area contributed by atoms with Crippen molar-refractivity contribution in [2.45, 2.75) is 0 Å². The average molecular weight is 487 g/mol. The molecule has 3 aromatic rings. The predicted octanol–water partition coefficient (Wildman–Crippen LogP) is 5.72. The third-order valence-electron chi connectivity index (χ3n) is 3.96. The van der Waals surface area contributed by atoms with Crippen LogP contribution < -0.4 is 4.74 Å². The smallest absolute Gasteiger partial charge is 0.318 e. The molecule has 0 unspecified atom stereocenters. The van der Waals surface area contributed by atoms with E-state index in [2.05, 4.69) is 20.9 Å². The van der Waals surface area contributed by atoms with Gasteiger partial charge in [-0.3, -0.25) is 35.3 Å². The largest absolute Gasteiger partial charge is 0.449 e. The summed E-state index contributed by atoms with van der Waals surface area (Å²) in [4.78, 5) is 35.2. The number of nitro benzene ring substituents is 3. The maximum Gasteiger partial charge on any atom is 0.318 e. The molecule has 31 heavy (non-hydrogen) atoms. The molecular weight excluding hydrogens is 476 g/mol. The van der Waals surface area contributed by atoms with Crippen LogP contribution in [0.15, 0.2) is 70.1 Å². The first kappa shape index (κ1) is 21.5. The summed E-state index contributed by atoms with van der Waals surface area (Å²) >= 11 is 3.32. The molecule has 0 aliphatic carbocycles. The lowest BCUT2D eigenvalue weighted by Gasteiger charge is -2.09. The normalized spacial score (nSPS) is 10.7. The van der Waals surface area contributed by atoms with Crippen LogP contribution in [-0.4, -0.2) is 21.0 Å². The summed E-state index contributed by atoms with van der Waals surface area (Å²) in [7, 11) is 0. The van der Waals surface area contributed by atoms with E-state index >= 15 is 0 Å². The van der Waals surface area contributed by atoms with Gasteiger partial charge in [-0.1, -0.05) is 15.9 Å². The molecule has 156 valence electrons. The number of nitro groups is 3. The average Bonchev–Trinajstić information content (AvgIpc) is 2.74. The van der Waals surface area contributed by atoms with Gasteiger partial charge in [0.15, 0.2) is 0 Å². The minimum Gasteiger partial charge on any atom is -0.449 e. The lowest BCUT2D eigenvalue weighted by Crippen LogP contribution is -1.97. The Bertz CT molecular complexity index is 1210. The predicted molar refractivity (Wildman–Crippen MR) is 114 cm³/mol. The molecule has 0 radical (unpaired) electrons. The van der Waals surface area contributed by atoms with Crippen molar-refractivity contribution in [3.8, 4) is 11.5 Å². The first-order valence-electron chi connectivity index (χ1n) is 8.43. The Kier molecular flexibility index (Phi) is 6.31. The molecule has 0 aliphatic rings. The Morgan fingerprint density at radius 3 is 2.00 bits per heavy atom. The first-order chi connectivity index (χ1) is 14.7.